The van der Waals surface area contributed by atoms with Gasteiger partial charge in [-0.25, -0.2) is 0 Å². The smallest absolute Gasteiger partial charge is 0.221 e. The molecule has 0 fully saturated rings. The molecule has 0 aliphatic rings. The maximum absolute atomic E-state index is 11.6. The first-order chi connectivity index (χ1) is 10.9. The van der Waals surface area contributed by atoms with E-state index in [9.17, 15) is 4.79 Å². The van der Waals surface area contributed by atoms with Crippen molar-refractivity contribution >= 4 is 11.9 Å². The van der Waals surface area contributed by atoms with Crippen molar-refractivity contribution in [3.8, 4) is 0 Å². The molecular weight excluding hydrogens is 292 g/mol. The van der Waals surface area contributed by atoms with Gasteiger partial charge < -0.3 is 21.1 Å². The molecule has 6 nitrogen and oxygen atoms in total. The van der Waals surface area contributed by atoms with Crippen LogP contribution >= 0.6 is 0 Å². The van der Waals surface area contributed by atoms with Gasteiger partial charge in [-0.1, -0.05) is 13.8 Å². The molecule has 0 bridgehead atoms. The topological polar surface area (TPSA) is 85.8 Å². The third kappa shape index (κ3) is 12.9. The van der Waals surface area contributed by atoms with Crippen LogP contribution in [-0.4, -0.2) is 49.3 Å². The minimum atomic E-state index is 0.0429. The lowest BCUT2D eigenvalue weighted by Crippen LogP contribution is -2.40. The molecule has 136 valence electrons. The Labute approximate surface area is 141 Å². The zero-order valence-electron chi connectivity index (χ0n) is 15.5. The fourth-order valence-electron chi connectivity index (χ4n) is 2.38. The number of aliphatic hydroxyl groups is 1. The second kappa shape index (κ2) is 13.2. The molecule has 1 atom stereocenters. The molecule has 0 rings (SSSR count). The summed E-state index contributed by atoms with van der Waals surface area (Å²) in [5.41, 5.74) is 0. The summed E-state index contributed by atoms with van der Waals surface area (Å²) in [6.07, 6.45) is 2.26. The van der Waals surface area contributed by atoms with Crippen molar-refractivity contribution in [1.29, 1.82) is 0 Å². The lowest BCUT2D eigenvalue weighted by molar-refractivity contribution is -0.121. The van der Waals surface area contributed by atoms with E-state index in [1.54, 1.807) is 0 Å². The van der Waals surface area contributed by atoms with Gasteiger partial charge in [0.1, 0.15) is 0 Å². The van der Waals surface area contributed by atoms with E-state index in [1.165, 1.54) is 0 Å². The van der Waals surface area contributed by atoms with Gasteiger partial charge in [0.15, 0.2) is 5.96 Å². The van der Waals surface area contributed by atoms with Crippen molar-refractivity contribution in [1.82, 2.24) is 16.0 Å². The second-order valence-corrected chi connectivity index (χ2v) is 6.63. The van der Waals surface area contributed by atoms with Gasteiger partial charge >= 0.3 is 0 Å². The average molecular weight is 329 g/mol. The Morgan fingerprint density at radius 1 is 1.17 bits per heavy atom. The number of rotatable bonds is 11. The summed E-state index contributed by atoms with van der Waals surface area (Å²) >= 11 is 0. The predicted octanol–water partition coefficient (Wildman–Crippen LogP) is 1.50. The summed E-state index contributed by atoms with van der Waals surface area (Å²) in [6.45, 7) is 12.5. The number of aliphatic hydroxyl groups excluding tert-OH is 1. The van der Waals surface area contributed by atoms with E-state index in [0.29, 0.717) is 31.3 Å². The molecule has 23 heavy (non-hydrogen) atoms. The highest BCUT2D eigenvalue weighted by Gasteiger charge is 2.11. The van der Waals surface area contributed by atoms with Crippen LogP contribution in [0.15, 0.2) is 4.99 Å². The molecule has 0 aliphatic heterocycles. The average Bonchev–Trinajstić information content (AvgIpc) is 2.43. The first-order valence-corrected chi connectivity index (χ1v) is 8.81. The third-order valence-corrected chi connectivity index (χ3v) is 3.29. The summed E-state index contributed by atoms with van der Waals surface area (Å²) in [5.74, 6) is 1.76. The zero-order valence-corrected chi connectivity index (χ0v) is 15.5. The Bertz CT molecular complexity index is 343. The molecule has 6 heteroatoms. The maximum Gasteiger partial charge on any atom is 0.221 e. The number of amides is 1. The highest BCUT2D eigenvalue weighted by Crippen LogP contribution is 2.15. The summed E-state index contributed by atoms with van der Waals surface area (Å²) in [7, 11) is 0. The van der Waals surface area contributed by atoms with Crippen LogP contribution in [-0.2, 0) is 4.79 Å². The molecular formula is C17H36N4O2. The van der Waals surface area contributed by atoms with Crippen LogP contribution < -0.4 is 16.0 Å². The normalized spacial score (nSPS) is 13.3. The molecule has 0 aromatic carbocycles. The molecule has 0 heterocycles. The van der Waals surface area contributed by atoms with Crippen LogP contribution in [0.2, 0.25) is 0 Å². The van der Waals surface area contributed by atoms with Gasteiger partial charge in [0.05, 0.1) is 0 Å². The first kappa shape index (κ1) is 21.7. The van der Waals surface area contributed by atoms with Crippen molar-refractivity contribution < 1.29 is 9.90 Å². The Hall–Kier alpha value is -1.30. The standard InChI is InChI=1S/C17H36N4O2/c1-6-18-17(19-9-7-16(23)21-14(4)5)20-12-15(8-10-22)11-13(2)3/h13-15,22H,6-12H2,1-5H3,(H,21,23)(H2,18,19,20). The van der Waals surface area contributed by atoms with Crippen molar-refractivity contribution in [2.75, 3.05) is 26.2 Å². The number of carbonyl (C=O) groups is 1. The lowest BCUT2D eigenvalue weighted by Gasteiger charge is -2.17. The molecule has 0 aliphatic carbocycles. The molecule has 0 saturated heterocycles. The van der Waals surface area contributed by atoms with Crippen molar-refractivity contribution in [3.05, 3.63) is 0 Å². The Balaban J connectivity index is 4.37. The van der Waals surface area contributed by atoms with Crippen molar-refractivity contribution in [2.24, 2.45) is 16.8 Å². The van der Waals surface area contributed by atoms with Crippen LogP contribution in [0.1, 0.15) is 53.9 Å². The molecule has 4 N–H and O–H groups in total. The van der Waals surface area contributed by atoms with E-state index in [2.05, 4.69) is 34.8 Å². The number of guanidine groups is 1. The molecule has 0 radical (unpaired) electrons. The van der Waals surface area contributed by atoms with Gasteiger partial charge in [0.2, 0.25) is 5.91 Å². The summed E-state index contributed by atoms with van der Waals surface area (Å²) in [4.78, 5) is 16.2. The van der Waals surface area contributed by atoms with Crippen LogP contribution in [0.3, 0.4) is 0 Å². The number of hydrogen-bond donors (Lipinski definition) is 4. The molecule has 0 spiro atoms. The van der Waals surface area contributed by atoms with Gasteiger partial charge in [0, 0.05) is 38.7 Å². The highest BCUT2D eigenvalue weighted by molar-refractivity contribution is 5.81. The maximum atomic E-state index is 11.6. The second-order valence-electron chi connectivity index (χ2n) is 6.63. The quantitative estimate of drug-likeness (QED) is 0.342. The Morgan fingerprint density at radius 3 is 2.39 bits per heavy atom. The number of carbonyl (C=O) groups excluding carboxylic acids is 1. The van der Waals surface area contributed by atoms with E-state index in [1.807, 2.05) is 20.8 Å². The molecule has 0 aromatic rings. The van der Waals surface area contributed by atoms with Crippen LogP contribution in [0, 0.1) is 11.8 Å². The van der Waals surface area contributed by atoms with Gasteiger partial charge in [-0.15, -0.1) is 0 Å². The van der Waals surface area contributed by atoms with Gasteiger partial charge in [-0.3, -0.25) is 9.79 Å². The van der Waals surface area contributed by atoms with E-state index in [-0.39, 0.29) is 18.6 Å². The number of nitrogens with zero attached hydrogens (tertiary/aromatic N) is 1. The van der Waals surface area contributed by atoms with Gasteiger partial charge in [-0.05, 0) is 45.4 Å². The van der Waals surface area contributed by atoms with Crippen LogP contribution in [0.4, 0.5) is 0 Å². The summed E-state index contributed by atoms with van der Waals surface area (Å²) < 4.78 is 0. The summed E-state index contributed by atoms with van der Waals surface area (Å²) in [6, 6.07) is 0.166. The first-order valence-electron chi connectivity index (χ1n) is 8.81. The molecule has 1 unspecified atom stereocenters. The minimum Gasteiger partial charge on any atom is -0.396 e. The van der Waals surface area contributed by atoms with Gasteiger partial charge in [0.25, 0.3) is 0 Å². The zero-order chi connectivity index (χ0) is 17.7. The Kier molecular flexibility index (Phi) is 12.4. The molecule has 1 amide bonds. The third-order valence-electron chi connectivity index (χ3n) is 3.29. The number of aliphatic imine (C=N–C) groups is 1. The number of hydrogen-bond acceptors (Lipinski definition) is 3. The van der Waals surface area contributed by atoms with E-state index in [4.69, 9.17) is 5.11 Å². The van der Waals surface area contributed by atoms with Crippen LogP contribution in [0.25, 0.3) is 0 Å². The lowest BCUT2D eigenvalue weighted by atomic mass is 9.94. The van der Waals surface area contributed by atoms with E-state index < -0.39 is 0 Å². The molecule has 0 aromatic heterocycles. The Morgan fingerprint density at radius 2 is 1.87 bits per heavy atom. The summed E-state index contributed by atoms with van der Waals surface area (Å²) in [5, 5.41) is 18.4. The SMILES string of the molecule is CCNC(=NCC(CCO)CC(C)C)NCCC(=O)NC(C)C. The van der Waals surface area contributed by atoms with Gasteiger partial charge in [-0.2, -0.15) is 0 Å². The molecule has 0 saturated carbocycles. The minimum absolute atomic E-state index is 0.0429. The van der Waals surface area contributed by atoms with Crippen molar-refractivity contribution in [3.63, 3.8) is 0 Å². The van der Waals surface area contributed by atoms with E-state index in [0.717, 1.165) is 25.3 Å². The van der Waals surface area contributed by atoms with Crippen LogP contribution in [0.5, 0.6) is 0 Å². The highest BCUT2D eigenvalue weighted by atomic mass is 16.3. The fourth-order valence-corrected chi connectivity index (χ4v) is 2.38. The fraction of sp³-hybridized carbons (Fsp3) is 0.882. The van der Waals surface area contributed by atoms with Crippen molar-refractivity contribution in [2.45, 2.75) is 59.9 Å². The monoisotopic (exact) mass is 328 g/mol. The number of nitrogens with one attached hydrogen (secondary N) is 3. The largest absolute Gasteiger partial charge is 0.396 e. The van der Waals surface area contributed by atoms with E-state index >= 15 is 0 Å². The predicted molar refractivity (Wildman–Crippen MR) is 96.5 cm³/mol.